The first-order valence-electron chi connectivity index (χ1n) is 7.42. The summed E-state index contributed by atoms with van der Waals surface area (Å²) in [5, 5.41) is 1.02. The van der Waals surface area contributed by atoms with Crippen LogP contribution in [0.25, 0.3) is 10.9 Å². The summed E-state index contributed by atoms with van der Waals surface area (Å²) < 4.78 is 5.52. The molecule has 0 saturated heterocycles. The Kier molecular flexibility index (Phi) is 4.06. The molecule has 0 saturated carbocycles. The van der Waals surface area contributed by atoms with Crippen molar-refractivity contribution in [2.75, 3.05) is 19.7 Å². The van der Waals surface area contributed by atoms with Crippen molar-refractivity contribution < 1.29 is 4.74 Å². The van der Waals surface area contributed by atoms with E-state index in [0.29, 0.717) is 13.2 Å². The van der Waals surface area contributed by atoms with Crippen molar-refractivity contribution in [2.24, 2.45) is 0 Å². The number of fused-ring (bicyclic) bond motifs is 1. The molecule has 21 heavy (non-hydrogen) atoms. The molecule has 2 heterocycles. The molecule has 0 radical (unpaired) electrons. The van der Waals surface area contributed by atoms with Crippen molar-refractivity contribution in [1.82, 2.24) is 9.88 Å². The molecule has 0 unspecified atom stereocenters. The minimum Gasteiger partial charge on any atom is -0.494 e. The van der Waals surface area contributed by atoms with Crippen LogP contribution in [0.2, 0.25) is 0 Å². The van der Waals surface area contributed by atoms with Gasteiger partial charge in [-0.1, -0.05) is 12.2 Å². The van der Waals surface area contributed by atoms with Crippen LogP contribution in [-0.4, -0.2) is 29.6 Å². The van der Waals surface area contributed by atoms with Crippen LogP contribution in [0.4, 0.5) is 0 Å². The van der Waals surface area contributed by atoms with E-state index in [2.05, 4.69) is 22.0 Å². The maximum absolute atomic E-state index is 12.2. The molecule has 3 rings (SSSR count). The molecule has 0 spiro atoms. The van der Waals surface area contributed by atoms with Gasteiger partial charge in [-0.3, -0.25) is 9.69 Å². The zero-order valence-corrected chi connectivity index (χ0v) is 12.3. The highest BCUT2D eigenvalue weighted by atomic mass is 16.5. The van der Waals surface area contributed by atoms with Crippen molar-refractivity contribution in [1.29, 1.82) is 0 Å². The van der Waals surface area contributed by atoms with Crippen LogP contribution >= 0.6 is 0 Å². The molecular weight excluding hydrogens is 264 g/mol. The summed E-state index contributed by atoms with van der Waals surface area (Å²) in [6, 6.07) is 7.75. The van der Waals surface area contributed by atoms with Gasteiger partial charge in [0.15, 0.2) is 0 Å². The molecular formula is C17H20N2O2. The third-order valence-corrected chi connectivity index (χ3v) is 3.74. The van der Waals surface area contributed by atoms with Crippen LogP contribution in [0.1, 0.15) is 18.9 Å². The van der Waals surface area contributed by atoms with Crippen LogP contribution in [0.15, 0.2) is 41.2 Å². The van der Waals surface area contributed by atoms with Crippen LogP contribution < -0.4 is 10.3 Å². The van der Waals surface area contributed by atoms with Crippen molar-refractivity contribution in [2.45, 2.75) is 19.9 Å². The fourth-order valence-corrected chi connectivity index (χ4v) is 2.68. The number of rotatable bonds is 4. The van der Waals surface area contributed by atoms with Gasteiger partial charge < -0.3 is 9.72 Å². The highest BCUT2D eigenvalue weighted by molar-refractivity contribution is 5.80. The van der Waals surface area contributed by atoms with Crippen molar-refractivity contribution >= 4 is 10.9 Å². The Morgan fingerprint density at radius 2 is 2.19 bits per heavy atom. The first kappa shape index (κ1) is 13.9. The van der Waals surface area contributed by atoms with Gasteiger partial charge in [0.25, 0.3) is 5.56 Å². The van der Waals surface area contributed by atoms with Gasteiger partial charge in [0.2, 0.25) is 0 Å². The number of benzene rings is 1. The Morgan fingerprint density at radius 3 is 2.95 bits per heavy atom. The molecule has 1 aromatic carbocycles. The van der Waals surface area contributed by atoms with Crippen LogP contribution in [0, 0.1) is 0 Å². The van der Waals surface area contributed by atoms with E-state index in [-0.39, 0.29) is 5.56 Å². The van der Waals surface area contributed by atoms with Crippen LogP contribution in [-0.2, 0) is 6.54 Å². The lowest BCUT2D eigenvalue weighted by molar-refractivity contribution is 0.289. The lowest BCUT2D eigenvalue weighted by atomic mass is 10.1. The average molecular weight is 284 g/mol. The number of aromatic amines is 1. The molecule has 1 N–H and O–H groups in total. The Bertz CT molecular complexity index is 718. The Balaban J connectivity index is 1.92. The van der Waals surface area contributed by atoms with Gasteiger partial charge in [-0.25, -0.2) is 0 Å². The summed E-state index contributed by atoms with van der Waals surface area (Å²) in [5.41, 5.74) is 1.67. The van der Waals surface area contributed by atoms with Gasteiger partial charge in [-0.2, -0.15) is 0 Å². The van der Waals surface area contributed by atoms with Crippen molar-refractivity contribution in [3.05, 3.63) is 52.3 Å². The maximum atomic E-state index is 12.2. The van der Waals surface area contributed by atoms with E-state index in [1.54, 1.807) is 0 Å². The summed E-state index contributed by atoms with van der Waals surface area (Å²) in [6.45, 7) is 5.21. The summed E-state index contributed by atoms with van der Waals surface area (Å²) in [4.78, 5) is 17.4. The van der Waals surface area contributed by atoms with Gasteiger partial charge in [0.1, 0.15) is 5.75 Å². The molecule has 1 aromatic heterocycles. The minimum atomic E-state index is 0.00112. The number of ether oxygens (including phenoxy) is 1. The molecule has 1 aliphatic rings. The summed E-state index contributed by atoms with van der Waals surface area (Å²) in [7, 11) is 0. The lowest BCUT2D eigenvalue weighted by Crippen LogP contribution is -2.29. The Morgan fingerprint density at radius 1 is 1.29 bits per heavy atom. The number of aromatic nitrogens is 1. The third-order valence-electron chi connectivity index (χ3n) is 3.74. The monoisotopic (exact) mass is 284 g/mol. The molecule has 110 valence electrons. The van der Waals surface area contributed by atoms with Gasteiger partial charge in [-0.05, 0) is 37.6 Å². The van der Waals surface area contributed by atoms with Gasteiger partial charge in [0.05, 0.1) is 6.61 Å². The highest BCUT2D eigenvalue weighted by Gasteiger charge is 2.10. The molecule has 4 nitrogen and oxygen atoms in total. The number of nitrogens with zero attached hydrogens (tertiary/aromatic N) is 1. The van der Waals surface area contributed by atoms with E-state index in [1.165, 1.54) is 0 Å². The first-order chi connectivity index (χ1) is 10.3. The Labute approximate surface area is 124 Å². The second kappa shape index (κ2) is 6.14. The predicted molar refractivity (Wildman–Crippen MR) is 84.8 cm³/mol. The number of hydrogen-bond acceptors (Lipinski definition) is 3. The third kappa shape index (κ3) is 3.16. The molecule has 0 fully saturated rings. The summed E-state index contributed by atoms with van der Waals surface area (Å²) in [5.74, 6) is 0.837. The first-order valence-corrected chi connectivity index (χ1v) is 7.42. The van der Waals surface area contributed by atoms with E-state index in [1.807, 2.05) is 31.2 Å². The van der Waals surface area contributed by atoms with E-state index >= 15 is 0 Å². The predicted octanol–water partition coefficient (Wildman–Crippen LogP) is 2.69. The van der Waals surface area contributed by atoms with Gasteiger partial charge in [0, 0.05) is 36.1 Å². The smallest absolute Gasteiger partial charge is 0.252 e. The number of hydrogen-bond donors (Lipinski definition) is 1. The molecule has 0 bridgehead atoms. The van der Waals surface area contributed by atoms with Gasteiger partial charge in [-0.15, -0.1) is 0 Å². The molecule has 2 aromatic rings. The zero-order chi connectivity index (χ0) is 14.7. The largest absolute Gasteiger partial charge is 0.494 e. The maximum Gasteiger partial charge on any atom is 0.252 e. The van der Waals surface area contributed by atoms with E-state index < -0.39 is 0 Å². The standard InChI is InChI=1S/C17H20N2O2/c1-2-21-15-6-7-16-13(11-15)10-14(17(20)18-16)12-19-8-4-3-5-9-19/h3-4,6-7,10-11H,2,5,8-9,12H2,1H3,(H,18,20). The van der Waals surface area contributed by atoms with Crippen LogP contribution in [0.3, 0.4) is 0 Å². The molecule has 0 atom stereocenters. The molecule has 4 heteroatoms. The fraction of sp³-hybridized carbons (Fsp3) is 0.353. The number of nitrogens with one attached hydrogen (secondary N) is 1. The summed E-state index contributed by atoms with van der Waals surface area (Å²) in [6.07, 6.45) is 5.40. The second-order valence-electron chi connectivity index (χ2n) is 5.30. The quantitative estimate of drug-likeness (QED) is 0.878. The van der Waals surface area contributed by atoms with Crippen molar-refractivity contribution in [3.8, 4) is 5.75 Å². The van der Waals surface area contributed by atoms with Gasteiger partial charge >= 0.3 is 0 Å². The average Bonchev–Trinajstić information content (AvgIpc) is 2.50. The van der Waals surface area contributed by atoms with E-state index in [4.69, 9.17) is 4.74 Å². The van der Waals surface area contributed by atoms with Crippen LogP contribution in [0.5, 0.6) is 5.75 Å². The minimum absolute atomic E-state index is 0.00112. The topological polar surface area (TPSA) is 45.3 Å². The number of pyridine rings is 1. The fourth-order valence-electron chi connectivity index (χ4n) is 2.68. The Hall–Kier alpha value is -2.07. The second-order valence-corrected chi connectivity index (χ2v) is 5.30. The SMILES string of the molecule is CCOc1ccc2[nH]c(=O)c(CN3CC=CCC3)cc2c1. The lowest BCUT2D eigenvalue weighted by Gasteiger charge is -2.22. The van der Waals surface area contributed by atoms with E-state index in [0.717, 1.165) is 41.7 Å². The molecule has 1 aliphatic heterocycles. The van der Waals surface area contributed by atoms with Crippen molar-refractivity contribution in [3.63, 3.8) is 0 Å². The van der Waals surface area contributed by atoms with E-state index in [9.17, 15) is 4.79 Å². The highest BCUT2D eigenvalue weighted by Crippen LogP contribution is 2.19. The number of H-pyrrole nitrogens is 1. The normalized spacial score (nSPS) is 15.5. The molecule has 0 amide bonds. The summed E-state index contributed by atoms with van der Waals surface area (Å²) >= 11 is 0. The zero-order valence-electron chi connectivity index (χ0n) is 12.3. The molecule has 0 aliphatic carbocycles.